The first-order valence-electron chi connectivity index (χ1n) is 4.23. The van der Waals surface area contributed by atoms with E-state index in [0.717, 1.165) is 17.7 Å². The van der Waals surface area contributed by atoms with E-state index >= 15 is 0 Å². The van der Waals surface area contributed by atoms with Gasteiger partial charge >= 0.3 is 5.69 Å². The van der Waals surface area contributed by atoms with Crippen LogP contribution >= 0.6 is 11.3 Å². The molecule has 2 heterocycles. The molecule has 0 radical (unpaired) electrons. The van der Waals surface area contributed by atoms with Crippen LogP contribution in [0.1, 0.15) is 17.7 Å². The molecule has 5 nitrogen and oxygen atoms in total. The maximum absolute atomic E-state index is 11.2. The lowest BCUT2D eigenvalue weighted by molar-refractivity contribution is -0.383. The summed E-state index contributed by atoms with van der Waals surface area (Å²) >= 11 is 1.34. The van der Waals surface area contributed by atoms with Gasteiger partial charge in [-0.25, -0.2) is 0 Å². The van der Waals surface area contributed by atoms with Gasteiger partial charge in [-0.1, -0.05) is 0 Å². The normalized spacial score (nSPS) is 15.6. The van der Waals surface area contributed by atoms with E-state index in [2.05, 4.69) is 5.32 Å². The number of hydrogen-bond donors (Lipinski definition) is 1. The molecule has 0 fully saturated rings. The average molecular weight is 212 g/mol. The second-order valence-electron chi connectivity index (χ2n) is 3.08. The molecule has 0 unspecified atom stereocenters. The maximum Gasteiger partial charge on any atom is 0.303 e. The van der Waals surface area contributed by atoms with Crippen LogP contribution in [0.4, 0.5) is 11.4 Å². The van der Waals surface area contributed by atoms with Gasteiger partial charge in [0.2, 0.25) is 5.91 Å². The standard InChI is InChI=1S/C8H8N2O3S/c11-7-3-1-2-6-8(9-7)5(4-14-6)10(12)13/h4H,1-3H2,(H,9,11). The smallest absolute Gasteiger partial charge is 0.303 e. The Morgan fingerprint density at radius 1 is 1.50 bits per heavy atom. The molecule has 0 bridgehead atoms. The lowest BCUT2D eigenvalue weighted by Crippen LogP contribution is -2.09. The third kappa shape index (κ3) is 1.48. The summed E-state index contributed by atoms with van der Waals surface area (Å²) in [5, 5.41) is 14.7. The van der Waals surface area contributed by atoms with Gasteiger partial charge in [0.05, 0.1) is 10.3 Å². The summed E-state index contributed by atoms with van der Waals surface area (Å²) in [6.07, 6.45) is 1.95. The fourth-order valence-electron chi connectivity index (χ4n) is 1.45. The van der Waals surface area contributed by atoms with E-state index in [4.69, 9.17) is 0 Å². The van der Waals surface area contributed by atoms with Crippen LogP contribution in [0.3, 0.4) is 0 Å². The van der Waals surface area contributed by atoms with Crippen LogP contribution in [0.2, 0.25) is 0 Å². The van der Waals surface area contributed by atoms with Gasteiger partial charge in [-0.15, -0.1) is 11.3 Å². The molecule has 14 heavy (non-hydrogen) atoms. The minimum absolute atomic E-state index is 0.0141. The average Bonchev–Trinajstić information content (AvgIpc) is 2.41. The molecule has 0 saturated carbocycles. The van der Waals surface area contributed by atoms with E-state index in [0.29, 0.717) is 12.1 Å². The Balaban J connectivity index is 2.44. The molecule has 1 aromatic rings. The van der Waals surface area contributed by atoms with Gasteiger partial charge in [0.15, 0.2) is 0 Å². The number of nitro groups is 1. The second-order valence-corrected chi connectivity index (χ2v) is 4.04. The van der Waals surface area contributed by atoms with Crippen LogP contribution in [-0.2, 0) is 11.2 Å². The van der Waals surface area contributed by atoms with Crippen molar-refractivity contribution in [3.05, 3.63) is 20.4 Å². The third-order valence-electron chi connectivity index (χ3n) is 2.12. The minimum atomic E-state index is -0.457. The van der Waals surface area contributed by atoms with Gasteiger partial charge in [-0.2, -0.15) is 0 Å². The molecular weight excluding hydrogens is 204 g/mol. The first kappa shape index (κ1) is 9.14. The number of rotatable bonds is 1. The zero-order chi connectivity index (χ0) is 10.1. The third-order valence-corrected chi connectivity index (χ3v) is 3.15. The topological polar surface area (TPSA) is 72.2 Å². The van der Waals surface area contributed by atoms with Gasteiger partial charge < -0.3 is 5.32 Å². The second kappa shape index (κ2) is 3.38. The highest BCUT2D eigenvalue weighted by molar-refractivity contribution is 7.11. The maximum atomic E-state index is 11.2. The first-order valence-corrected chi connectivity index (χ1v) is 5.11. The molecule has 1 aromatic heterocycles. The Kier molecular flexibility index (Phi) is 2.20. The Labute approximate surface area is 83.9 Å². The van der Waals surface area contributed by atoms with Crippen molar-refractivity contribution in [2.45, 2.75) is 19.3 Å². The summed E-state index contributed by atoms with van der Waals surface area (Å²) in [6.45, 7) is 0. The largest absolute Gasteiger partial charge is 0.319 e. The summed E-state index contributed by atoms with van der Waals surface area (Å²) in [4.78, 5) is 22.3. The Morgan fingerprint density at radius 2 is 2.29 bits per heavy atom. The van der Waals surface area contributed by atoms with E-state index in [9.17, 15) is 14.9 Å². The minimum Gasteiger partial charge on any atom is -0.319 e. The number of thiophene rings is 1. The molecule has 74 valence electrons. The Hall–Kier alpha value is -1.43. The molecular formula is C8H8N2O3S. The van der Waals surface area contributed by atoms with Crippen LogP contribution in [0.25, 0.3) is 0 Å². The number of aryl methyl sites for hydroxylation is 1. The van der Waals surface area contributed by atoms with Crippen LogP contribution < -0.4 is 5.32 Å². The van der Waals surface area contributed by atoms with E-state index < -0.39 is 4.92 Å². The SMILES string of the molecule is O=C1CCCc2scc([N+](=O)[O-])c2N1. The number of fused-ring (bicyclic) bond motifs is 1. The number of carbonyl (C=O) groups excluding carboxylic acids is 1. The molecule has 6 heteroatoms. The van der Waals surface area contributed by atoms with Crippen LogP contribution in [0.15, 0.2) is 5.38 Å². The zero-order valence-corrected chi connectivity index (χ0v) is 8.10. The summed E-state index contributed by atoms with van der Waals surface area (Å²) < 4.78 is 0. The fraction of sp³-hybridized carbons (Fsp3) is 0.375. The number of nitrogens with zero attached hydrogens (tertiary/aromatic N) is 1. The molecule has 0 aromatic carbocycles. The highest BCUT2D eigenvalue weighted by Crippen LogP contribution is 2.37. The number of amides is 1. The monoisotopic (exact) mass is 212 g/mol. The predicted molar refractivity (Wildman–Crippen MR) is 52.5 cm³/mol. The van der Waals surface area contributed by atoms with Crippen molar-refractivity contribution in [2.75, 3.05) is 5.32 Å². The van der Waals surface area contributed by atoms with Gasteiger partial charge in [-0.3, -0.25) is 14.9 Å². The molecule has 0 atom stereocenters. The van der Waals surface area contributed by atoms with Crippen molar-refractivity contribution >= 4 is 28.6 Å². The van der Waals surface area contributed by atoms with Crippen molar-refractivity contribution in [1.29, 1.82) is 0 Å². The number of anilines is 1. The number of carbonyl (C=O) groups is 1. The molecule has 1 amide bonds. The van der Waals surface area contributed by atoms with Gasteiger partial charge in [0.1, 0.15) is 5.69 Å². The molecule has 0 saturated heterocycles. The predicted octanol–water partition coefficient (Wildman–Crippen LogP) is 1.93. The van der Waals surface area contributed by atoms with Crippen molar-refractivity contribution in [3.8, 4) is 0 Å². The van der Waals surface area contributed by atoms with E-state index in [1.165, 1.54) is 16.7 Å². The van der Waals surface area contributed by atoms with Crippen LogP contribution in [0.5, 0.6) is 0 Å². The molecule has 1 N–H and O–H groups in total. The van der Waals surface area contributed by atoms with E-state index in [1.54, 1.807) is 0 Å². The van der Waals surface area contributed by atoms with Gasteiger partial charge in [0.25, 0.3) is 0 Å². The Morgan fingerprint density at radius 3 is 3.00 bits per heavy atom. The van der Waals surface area contributed by atoms with Crippen LogP contribution in [0, 0.1) is 10.1 Å². The summed E-state index contributed by atoms with van der Waals surface area (Å²) in [7, 11) is 0. The molecule has 0 aliphatic carbocycles. The van der Waals surface area contributed by atoms with Crippen molar-refractivity contribution < 1.29 is 9.72 Å². The number of nitrogens with one attached hydrogen (secondary N) is 1. The lowest BCUT2D eigenvalue weighted by Gasteiger charge is -1.98. The van der Waals surface area contributed by atoms with E-state index in [1.807, 2.05) is 0 Å². The summed E-state index contributed by atoms with van der Waals surface area (Å²) in [5.74, 6) is -0.134. The van der Waals surface area contributed by atoms with Crippen molar-refractivity contribution in [3.63, 3.8) is 0 Å². The quantitative estimate of drug-likeness (QED) is 0.571. The highest BCUT2D eigenvalue weighted by atomic mass is 32.1. The van der Waals surface area contributed by atoms with E-state index in [-0.39, 0.29) is 11.6 Å². The number of hydrogen-bond acceptors (Lipinski definition) is 4. The molecule has 1 aliphatic rings. The van der Waals surface area contributed by atoms with Gasteiger partial charge in [0, 0.05) is 11.3 Å². The van der Waals surface area contributed by atoms with Crippen molar-refractivity contribution in [1.82, 2.24) is 0 Å². The molecule has 0 spiro atoms. The summed E-state index contributed by atoms with van der Waals surface area (Å²) in [6, 6.07) is 0. The zero-order valence-electron chi connectivity index (χ0n) is 7.28. The summed E-state index contributed by atoms with van der Waals surface area (Å²) in [5.41, 5.74) is 0.419. The first-order chi connectivity index (χ1) is 6.68. The lowest BCUT2D eigenvalue weighted by atomic mass is 10.2. The van der Waals surface area contributed by atoms with Crippen LogP contribution in [-0.4, -0.2) is 10.8 Å². The molecule has 2 rings (SSSR count). The molecule has 1 aliphatic heterocycles. The van der Waals surface area contributed by atoms with Crippen molar-refractivity contribution in [2.24, 2.45) is 0 Å². The fourth-order valence-corrected chi connectivity index (χ4v) is 2.44. The highest BCUT2D eigenvalue weighted by Gasteiger charge is 2.24. The Bertz CT molecular complexity index is 399. The van der Waals surface area contributed by atoms with Gasteiger partial charge in [-0.05, 0) is 12.8 Å².